The summed E-state index contributed by atoms with van der Waals surface area (Å²) in [6.07, 6.45) is 4.98. The van der Waals surface area contributed by atoms with Crippen LogP contribution in [0.4, 0.5) is 0 Å². The van der Waals surface area contributed by atoms with Crippen LogP contribution in [0.5, 0.6) is 0 Å². The molecule has 0 amide bonds. The zero-order chi connectivity index (χ0) is 12.6. The van der Waals surface area contributed by atoms with Crippen LogP contribution in [0.1, 0.15) is 20.3 Å². The summed E-state index contributed by atoms with van der Waals surface area (Å²) in [5.41, 5.74) is -0.469. The third-order valence-electron chi connectivity index (χ3n) is 5.15. The van der Waals surface area contributed by atoms with E-state index in [1.54, 1.807) is 0 Å². The average Bonchev–Trinajstić information content (AvgIpc) is 2.61. The Morgan fingerprint density at radius 1 is 1.29 bits per heavy atom. The number of allylic oxidation sites excluding steroid dienone is 2. The molecule has 0 radical (unpaired) electrons. The SMILES string of the molecule is CC12C=CC(C1)C1C(C(=O)O)=C(C(=O)O)C12C. The van der Waals surface area contributed by atoms with Crippen LogP contribution < -0.4 is 0 Å². The lowest BCUT2D eigenvalue weighted by Crippen LogP contribution is -2.52. The van der Waals surface area contributed by atoms with E-state index in [-0.39, 0.29) is 28.4 Å². The number of hydrogen-bond acceptors (Lipinski definition) is 2. The molecule has 3 aliphatic carbocycles. The first-order valence-corrected chi connectivity index (χ1v) is 5.73. The molecule has 1 fully saturated rings. The molecule has 4 atom stereocenters. The molecule has 4 heteroatoms. The molecule has 2 bridgehead atoms. The number of rotatable bonds is 2. The maximum absolute atomic E-state index is 11.3. The van der Waals surface area contributed by atoms with Crippen LogP contribution in [0.15, 0.2) is 23.3 Å². The Bertz CT molecular complexity index is 516. The molecule has 0 spiro atoms. The van der Waals surface area contributed by atoms with E-state index in [1.807, 2.05) is 19.9 Å². The lowest BCUT2D eigenvalue weighted by atomic mass is 9.48. The number of fused-ring (bicyclic) bond motifs is 5. The molecular formula is C13H14O4. The van der Waals surface area contributed by atoms with Crippen LogP contribution in [0.25, 0.3) is 0 Å². The lowest BCUT2D eigenvalue weighted by molar-refractivity contribution is -0.141. The number of carboxylic acids is 2. The Kier molecular flexibility index (Phi) is 1.64. The smallest absolute Gasteiger partial charge is 0.332 e. The number of hydrogen-bond donors (Lipinski definition) is 2. The van der Waals surface area contributed by atoms with E-state index in [2.05, 4.69) is 6.08 Å². The van der Waals surface area contributed by atoms with Crippen molar-refractivity contribution in [2.75, 3.05) is 0 Å². The van der Waals surface area contributed by atoms with E-state index in [1.165, 1.54) is 0 Å². The fourth-order valence-electron chi connectivity index (χ4n) is 4.24. The van der Waals surface area contributed by atoms with Gasteiger partial charge in [0.25, 0.3) is 0 Å². The predicted molar refractivity (Wildman–Crippen MR) is 59.2 cm³/mol. The highest BCUT2D eigenvalue weighted by atomic mass is 16.4. The fraction of sp³-hybridized carbons (Fsp3) is 0.538. The number of carbonyl (C=O) groups is 2. The molecule has 0 heterocycles. The average molecular weight is 234 g/mol. The molecule has 0 aromatic rings. The Labute approximate surface area is 98.6 Å². The highest BCUT2D eigenvalue weighted by Crippen LogP contribution is 2.74. The van der Waals surface area contributed by atoms with Crippen LogP contribution >= 0.6 is 0 Å². The van der Waals surface area contributed by atoms with Gasteiger partial charge in [0.1, 0.15) is 0 Å². The highest BCUT2D eigenvalue weighted by Gasteiger charge is 2.71. The molecule has 1 saturated carbocycles. The van der Waals surface area contributed by atoms with Crippen molar-refractivity contribution < 1.29 is 19.8 Å². The first kappa shape index (κ1) is 10.6. The van der Waals surface area contributed by atoms with Gasteiger partial charge < -0.3 is 10.2 Å². The zero-order valence-corrected chi connectivity index (χ0v) is 9.73. The van der Waals surface area contributed by atoms with Gasteiger partial charge in [-0.2, -0.15) is 0 Å². The van der Waals surface area contributed by atoms with Crippen LogP contribution in [-0.4, -0.2) is 22.2 Å². The third kappa shape index (κ3) is 0.875. The molecule has 17 heavy (non-hydrogen) atoms. The molecule has 2 N–H and O–H groups in total. The monoisotopic (exact) mass is 234 g/mol. The Balaban J connectivity index is 2.22. The summed E-state index contributed by atoms with van der Waals surface area (Å²) in [4.78, 5) is 22.5. The highest BCUT2D eigenvalue weighted by molar-refractivity contribution is 6.04. The van der Waals surface area contributed by atoms with Crippen molar-refractivity contribution in [3.63, 3.8) is 0 Å². The van der Waals surface area contributed by atoms with E-state index in [4.69, 9.17) is 0 Å². The summed E-state index contributed by atoms with van der Waals surface area (Å²) in [5, 5.41) is 18.4. The Morgan fingerprint density at radius 3 is 2.47 bits per heavy atom. The van der Waals surface area contributed by atoms with Crippen molar-refractivity contribution in [2.24, 2.45) is 22.7 Å². The van der Waals surface area contributed by atoms with Gasteiger partial charge in [-0.05, 0) is 17.8 Å². The minimum atomic E-state index is -1.08. The van der Waals surface area contributed by atoms with Gasteiger partial charge >= 0.3 is 11.9 Å². The summed E-state index contributed by atoms with van der Waals surface area (Å²) < 4.78 is 0. The first-order chi connectivity index (χ1) is 7.83. The van der Waals surface area contributed by atoms with E-state index in [0.717, 1.165) is 6.42 Å². The second kappa shape index (κ2) is 2.63. The van der Waals surface area contributed by atoms with E-state index in [9.17, 15) is 19.8 Å². The van der Waals surface area contributed by atoms with E-state index in [0.29, 0.717) is 0 Å². The quantitative estimate of drug-likeness (QED) is 0.713. The largest absolute Gasteiger partial charge is 0.478 e. The number of aliphatic carboxylic acids is 2. The molecule has 0 aliphatic heterocycles. The van der Waals surface area contributed by atoms with Gasteiger partial charge in [-0.1, -0.05) is 26.0 Å². The molecule has 3 rings (SSSR count). The normalized spacial score (nSPS) is 45.8. The van der Waals surface area contributed by atoms with Crippen molar-refractivity contribution in [2.45, 2.75) is 20.3 Å². The summed E-state index contributed by atoms with van der Waals surface area (Å²) in [5.74, 6) is -2.09. The van der Waals surface area contributed by atoms with E-state index < -0.39 is 17.4 Å². The molecule has 0 aromatic heterocycles. The lowest BCUT2D eigenvalue weighted by Gasteiger charge is -2.52. The van der Waals surface area contributed by atoms with Gasteiger partial charge in [0.2, 0.25) is 0 Å². The molecular weight excluding hydrogens is 220 g/mol. The third-order valence-corrected chi connectivity index (χ3v) is 5.15. The Hall–Kier alpha value is -1.58. The summed E-state index contributed by atoms with van der Waals surface area (Å²) >= 11 is 0. The van der Waals surface area contributed by atoms with Gasteiger partial charge in [-0.3, -0.25) is 0 Å². The van der Waals surface area contributed by atoms with Crippen molar-refractivity contribution in [1.82, 2.24) is 0 Å². The van der Waals surface area contributed by atoms with Gasteiger partial charge in [0.15, 0.2) is 0 Å². The predicted octanol–water partition coefficient (Wildman–Crippen LogP) is 1.68. The molecule has 4 unspecified atom stereocenters. The molecule has 3 aliphatic rings. The van der Waals surface area contributed by atoms with Gasteiger partial charge in [-0.15, -0.1) is 0 Å². The van der Waals surface area contributed by atoms with Gasteiger partial charge in [0.05, 0.1) is 11.1 Å². The van der Waals surface area contributed by atoms with Crippen molar-refractivity contribution in [1.29, 1.82) is 0 Å². The second-order valence-electron chi connectivity index (χ2n) is 5.72. The number of carboxylic acid groups (broad SMARTS) is 2. The van der Waals surface area contributed by atoms with Crippen LogP contribution in [0, 0.1) is 22.7 Å². The maximum atomic E-state index is 11.3. The van der Waals surface area contributed by atoms with Gasteiger partial charge in [-0.25, -0.2) is 9.59 Å². The Morgan fingerprint density at radius 2 is 1.94 bits per heavy atom. The molecule has 4 nitrogen and oxygen atoms in total. The molecule has 0 saturated heterocycles. The minimum absolute atomic E-state index is 0.115. The van der Waals surface area contributed by atoms with Crippen LogP contribution in [0.3, 0.4) is 0 Å². The van der Waals surface area contributed by atoms with Crippen molar-refractivity contribution >= 4 is 11.9 Å². The minimum Gasteiger partial charge on any atom is -0.478 e. The first-order valence-electron chi connectivity index (χ1n) is 5.73. The topological polar surface area (TPSA) is 74.6 Å². The van der Waals surface area contributed by atoms with Crippen molar-refractivity contribution in [3.05, 3.63) is 23.3 Å². The van der Waals surface area contributed by atoms with Crippen molar-refractivity contribution in [3.8, 4) is 0 Å². The van der Waals surface area contributed by atoms with Gasteiger partial charge in [0, 0.05) is 11.3 Å². The van der Waals surface area contributed by atoms with Crippen LogP contribution in [-0.2, 0) is 9.59 Å². The maximum Gasteiger partial charge on any atom is 0.332 e. The second-order valence-corrected chi connectivity index (χ2v) is 5.72. The van der Waals surface area contributed by atoms with E-state index >= 15 is 0 Å². The molecule has 0 aromatic carbocycles. The summed E-state index contributed by atoms with van der Waals surface area (Å²) in [6, 6.07) is 0. The molecule has 90 valence electrons. The standard InChI is InChI=1S/C13H14O4/c1-12-4-3-6(5-12)8-7(10(14)15)9(11(16)17)13(8,12)2/h3-4,6,8H,5H2,1-2H3,(H,14,15)(H,16,17). The summed E-state index contributed by atoms with van der Waals surface area (Å²) in [6.45, 7) is 3.93. The summed E-state index contributed by atoms with van der Waals surface area (Å²) in [7, 11) is 0. The van der Waals surface area contributed by atoms with Crippen LogP contribution in [0.2, 0.25) is 0 Å². The fourth-order valence-corrected chi connectivity index (χ4v) is 4.24. The zero-order valence-electron chi connectivity index (χ0n) is 9.73.